The van der Waals surface area contributed by atoms with E-state index in [9.17, 15) is 35.9 Å². The molecule has 2 fully saturated rings. The molecule has 1 aromatic carbocycles. The number of alkyl halides is 6. The predicted octanol–water partition coefficient (Wildman–Crippen LogP) is 3.91. The molecule has 0 atom stereocenters. The van der Waals surface area contributed by atoms with Gasteiger partial charge in [-0.2, -0.15) is 13.2 Å². The number of carbonyl (C=O) groups is 2. The first-order valence-corrected chi connectivity index (χ1v) is 10.4. The molecule has 34 heavy (non-hydrogen) atoms. The van der Waals surface area contributed by atoms with Crippen LogP contribution in [0.2, 0.25) is 0 Å². The first-order chi connectivity index (χ1) is 15.8. The van der Waals surface area contributed by atoms with Crippen molar-refractivity contribution in [3.8, 4) is 5.75 Å². The number of hydrogen-bond acceptors (Lipinski definition) is 4. The third-order valence-electron chi connectivity index (χ3n) is 5.49. The van der Waals surface area contributed by atoms with Gasteiger partial charge in [0.2, 0.25) is 0 Å². The van der Waals surface area contributed by atoms with Crippen molar-refractivity contribution in [2.75, 3.05) is 26.2 Å². The van der Waals surface area contributed by atoms with E-state index in [2.05, 4.69) is 16.6 Å². The highest BCUT2D eigenvalue weighted by Crippen LogP contribution is 2.35. The molecule has 7 nitrogen and oxygen atoms in total. The van der Waals surface area contributed by atoms with E-state index < -0.39 is 36.7 Å². The molecule has 1 saturated heterocycles. The van der Waals surface area contributed by atoms with E-state index in [-0.39, 0.29) is 43.6 Å². The minimum Gasteiger partial charge on any atom is -0.484 e. The van der Waals surface area contributed by atoms with Crippen LogP contribution < -0.4 is 10.1 Å². The van der Waals surface area contributed by atoms with Crippen molar-refractivity contribution in [1.29, 1.82) is 0 Å². The maximum Gasteiger partial charge on any atom is 0.522 e. The smallest absolute Gasteiger partial charge is 0.484 e. The first-order valence-electron chi connectivity index (χ1n) is 10.4. The van der Waals surface area contributed by atoms with Gasteiger partial charge in [0.15, 0.2) is 6.61 Å². The Hall–Kier alpha value is -2.96. The third-order valence-corrected chi connectivity index (χ3v) is 5.49. The lowest BCUT2D eigenvalue weighted by Crippen LogP contribution is -2.50. The minimum absolute atomic E-state index is 0.0929. The molecule has 188 valence electrons. The van der Waals surface area contributed by atoms with Gasteiger partial charge in [-0.25, -0.2) is 4.79 Å². The number of rotatable bonds is 9. The van der Waals surface area contributed by atoms with Crippen LogP contribution in [-0.2, 0) is 15.7 Å². The second-order valence-corrected chi connectivity index (χ2v) is 7.99. The van der Waals surface area contributed by atoms with Crippen LogP contribution in [0, 0.1) is 0 Å². The van der Waals surface area contributed by atoms with Crippen LogP contribution in [-0.4, -0.2) is 66.5 Å². The Balaban J connectivity index is 1.34. The van der Waals surface area contributed by atoms with Crippen molar-refractivity contribution >= 4 is 11.9 Å². The number of nitrogens with one attached hydrogen (secondary N) is 1. The zero-order chi connectivity index (χ0) is 25.1. The van der Waals surface area contributed by atoms with Crippen LogP contribution in [0.25, 0.3) is 0 Å². The lowest BCUT2D eigenvalue weighted by Gasteiger charge is -2.40. The topological polar surface area (TPSA) is 71.1 Å². The second-order valence-electron chi connectivity index (χ2n) is 7.99. The van der Waals surface area contributed by atoms with Crippen LogP contribution in [0.3, 0.4) is 0 Å². The van der Waals surface area contributed by atoms with E-state index in [4.69, 9.17) is 4.74 Å². The van der Waals surface area contributed by atoms with Gasteiger partial charge < -0.3 is 19.9 Å². The Kier molecular flexibility index (Phi) is 7.64. The Morgan fingerprint density at radius 2 is 1.74 bits per heavy atom. The van der Waals surface area contributed by atoms with E-state index in [1.807, 2.05) is 0 Å². The van der Waals surface area contributed by atoms with Gasteiger partial charge in [0, 0.05) is 37.8 Å². The number of urea groups is 1. The standard InChI is InChI=1S/C21H23F6N3O4/c1-13(28-18(31)12-33-16-4-2-14(3-5-16)20(22,23)24)6-7-29-8-9-30(19(29)32)15-10-17(11-15)34-21(25,26)27/h2-5,15,17H,1,6-12H2,(H,28,31)/t15-,17-. The molecule has 0 radical (unpaired) electrons. The summed E-state index contributed by atoms with van der Waals surface area (Å²) in [5, 5.41) is 2.50. The van der Waals surface area contributed by atoms with Gasteiger partial charge in [-0.15, -0.1) is 13.2 Å². The zero-order valence-corrected chi connectivity index (χ0v) is 17.9. The van der Waals surface area contributed by atoms with Crippen molar-refractivity contribution < 1.29 is 45.4 Å². The molecule has 0 unspecified atom stereocenters. The molecular weight excluding hydrogens is 472 g/mol. The molecule has 3 rings (SSSR count). The van der Waals surface area contributed by atoms with Gasteiger partial charge in [-0.1, -0.05) is 6.58 Å². The lowest BCUT2D eigenvalue weighted by molar-refractivity contribution is -0.353. The fourth-order valence-electron chi connectivity index (χ4n) is 3.68. The number of nitrogens with zero attached hydrogens (tertiary/aromatic N) is 2. The third kappa shape index (κ3) is 7.02. The van der Waals surface area contributed by atoms with Crippen LogP contribution in [0.15, 0.2) is 36.5 Å². The van der Waals surface area contributed by atoms with Crippen molar-refractivity contribution in [2.24, 2.45) is 0 Å². The van der Waals surface area contributed by atoms with Crippen molar-refractivity contribution in [3.05, 3.63) is 42.1 Å². The van der Waals surface area contributed by atoms with Crippen LogP contribution >= 0.6 is 0 Å². The fourth-order valence-corrected chi connectivity index (χ4v) is 3.68. The molecule has 1 aliphatic carbocycles. The molecule has 1 aliphatic heterocycles. The largest absolute Gasteiger partial charge is 0.522 e. The van der Waals surface area contributed by atoms with Gasteiger partial charge in [0.1, 0.15) is 5.75 Å². The molecule has 1 N–H and O–H groups in total. The van der Waals surface area contributed by atoms with Gasteiger partial charge in [-0.05, 0) is 37.1 Å². The van der Waals surface area contributed by atoms with Crippen molar-refractivity contribution in [1.82, 2.24) is 15.1 Å². The van der Waals surface area contributed by atoms with Crippen LogP contribution in [0.4, 0.5) is 31.1 Å². The van der Waals surface area contributed by atoms with Crippen LogP contribution in [0.1, 0.15) is 24.8 Å². The molecule has 0 bridgehead atoms. The molecule has 1 heterocycles. The number of ether oxygens (including phenoxy) is 2. The summed E-state index contributed by atoms with van der Waals surface area (Å²) in [5.74, 6) is -0.472. The van der Waals surface area contributed by atoms with E-state index in [1.165, 1.54) is 9.80 Å². The number of benzene rings is 1. The molecule has 13 heteroatoms. The van der Waals surface area contributed by atoms with E-state index in [0.717, 1.165) is 24.3 Å². The first kappa shape index (κ1) is 25.7. The number of hydrogen-bond donors (Lipinski definition) is 1. The fraction of sp³-hybridized carbons (Fsp3) is 0.524. The SMILES string of the molecule is C=C(CCN1CCN([C@H]2C[C@H](OC(F)(F)F)C2)C1=O)NC(=O)COc1ccc(C(F)(F)F)cc1. The average Bonchev–Trinajstić information content (AvgIpc) is 3.06. The summed E-state index contributed by atoms with van der Waals surface area (Å²) in [5.41, 5.74) is -0.519. The molecule has 2 aliphatic rings. The highest BCUT2D eigenvalue weighted by molar-refractivity contribution is 5.79. The summed E-state index contributed by atoms with van der Waals surface area (Å²) in [4.78, 5) is 27.5. The predicted molar refractivity (Wildman–Crippen MR) is 106 cm³/mol. The summed E-state index contributed by atoms with van der Waals surface area (Å²) in [7, 11) is 0. The molecule has 0 aromatic heterocycles. The number of amides is 3. The zero-order valence-electron chi connectivity index (χ0n) is 17.9. The summed E-state index contributed by atoms with van der Waals surface area (Å²) in [6.45, 7) is 4.32. The lowest BCUT2D eigenvalue weighted by atomic mass is 9.88. The molecule has 1 aromatic rings. The molecule has 0 spiro atoms. The van der Waals surface area contributed by atoms with Gasteiger partial charge in [-0.3, -0.25) is 9.53 Å². The second kappa shape index (κ2) is 10.1. The highest BCUT2D eigenvalue weighted by atomic mass is 19.4. The molecule has 3 amide bonds. The Labute approximate surface area is 191 Å². The summed E-state index contributed by atoms with van der Waals surface area (Å²) < 4.78 is 83.5. The molecular formula is C21H23F6N3O4. The van der Waals surface area contributed by atoms with Crippen molar-refractivity contribution in [3.63, 3.8) is 0 Å². The van der Waals surface area contributed by atoms with Crippen molar-refractivity contribution in [2.45, 2.75) is 43.9 Å². The normalized spacial score (nSPS) is 20.8. The maximum absolute atomic E-state index is 12.6. The summed E-state index contributed by atoms with van der Waals surface area (Å²) in [6, 6.07) is 3.31. The van der Waals surface area contributed by atoms with E-state index in [1.54, 1.807) is 0 Å². The maximum atomic E-state index is 12.6. The monoisotopic (exact) mass is 495 g/mol. The van der Waals surface area contributed by atoms with E-state index in [0.29, 0.717) is 18.8 Å². The Bertz CT molecular complexity index is 897. The highest BCUT2D eigenvalue weighted by Gasteiger charge is 2.45. The minimum atomic E-state index is -4.69. The summed E-state index contributed by atoms with van der Waals surface area (Å²) >= 11 is 0. The van der Waals surface area contributed by atoms with Gasteiger partial charge in [0.05, 0.1) is 11.7 Å². The van der Waals surface area contributed by atoms with Crippen LogP contribution in [0.5, 0.6) is 5.75 Å². The average molecular weight is 495 g/mol. The van der Waals surface area contributed by atoms with Gasteiger partial charge in [0.25, 0.3) is 5.91 Å². The Morgan fingerprint density at radius 3 is 2.32 bits per heavy atom. The molecule has 1 saturated carbocycles. The number of halogens is 6. The Morgan fingerprint density at radius 1 is 1.09 bits per heavy atom. The number of carbonyl (C=O) groups excluding carboxylic acids is 2. The van der Waals surface area contributed by atoms with Gasteiger partial charge >= 0.3 is 18.6 Å². The van der Waals surface area contributed by atoms with E-state index >= 15 is 0 Å². The summed E-state index contributed by atoms with van der Waals surface area (Å²) in [6.07, 6.45) is -9.60. The quantitative estimate of drug-likeness (QED) is 0.528.